The van der Waals surface area contributed by atoms with E-state index in [1.807, 2.05) is 19.1 Å². The molecule has 2 aromatic heterocycles. The predicted molar refractivity (Wildman–Crippen MR) is 115 cm³/mol. The van der Waals surface area contributed by atoms with Gasteiger partial charge in [0.25, 0.3) is 15.6 Å². The number of thiazole rings is 1. The third-order valence-corrected chi connectivity index (χ3v) is 7.22. The summed E-state index contributed by atoms with van der Waals surface area (Å²) < 4.78 is 35.7. The molecule has 29 heavy (non-hydrogen) atoms. The maximum atomic E-state index is 13.2. The summed E-state index contributed by atoms with van der Waals surface area (Å²) in [4.78, 5) is 17.6. The number of hydrogen-bond acceptors (Lipinski definition) is 6. The summed E-state index contributed by atoms with van der Waals surface area (Å²) in [6.45, 7) is 3.46. The third-order valence-electron chi connectivity index (χ3n) is 4.41. The van der Waals surface area contributed by atoms with E-state index in [1.165, 1.54) is 48.0 Å². The molecule has 150 valence electrons. The van der Waals surface area contributed by atoms with Gasteiger partial charge in [0.2, 0.25) is 0 Å². The summed E-state index contributed by atoms with van der Waals surface area (Å²) in [5.41, 5.74) is 1.36. The number of ether oxygens (including phenoxy) is 1. The number of aromatic nitrogens is 2. The van der Waals surface area contributed by atoms with Crippen LogP contribution in [0.5, 0.6) is 5.75 Å². The first-order valence-corrected chi connectivity index (χ1v) is 11.2. The normalized spacial score (nSPS) is 11.9. The highest BCUT2D eigenvalue weighted by atomic mass is 35.5. The van der Waals surface area contributed by atoms with E-state index in [4.69, 9.17) is 16.3 Å². The van der Waals surface area contributed by atoms with E-state index in [2.05, 4.69) is 9.71 Å². The van der Waals surface area contributed by atoms with Crippen LogP contribution in [0.25, 0.3) is 15.2 Å². The quantitative estimate of drug-likeness (QED) is 0.508. The minimum absolute atomic E-state index is 0.130. The number of halogens is 1. The van der Waals surface area contributed by atoms with Gasteiger partial charge in [0.05, 0.1) is 33.7 Å². The van der Waals surface area contributed by atoms with E-state index in [9.17, 15) is 13.2 Å². The van der Waals surface area contributed by atoms with Gasteiger partial charge < -0.3 is 4.74 Å². The molecule has 0 saturated carbocycles. The van der Waals surface area contributed by atoms with Crippen molar-refractivity contribution in [3.8, 4) is 5.75 Å². The third kappa shape index (κ3) is 3.35. The zero-order valence-electron chi connectivity index (χ0n) is 15.7. The fourth-order valence-electron chi connectivity index (χ4n) is 3.10. The van der Waals surface area contributed by atoms with Crippen LogP contribution >= 0.6 is 22.9 Å². The van der Waals surface area contributed by atoms with Crippen LogP contribution in [0.2, 0.25) is 5.02 Å². The highest BCUT2D eigenvalue weighted by Crippen LogP contribution is 2.29. The largest absolute Gasteiger partial charge is 0.495 e. The van der Waals surface area contributed by atoms with Gasteiger partial charge in [0.1, 0.15) is 5.75 Å². The zero-order valence-corrected chi connectivity index (χ0v) is 18.1. The fraction of sp³-hybridized carbons (Fsp3) is 0.158. The number of aryl methyl sites for hydroxylation is 2. The van der Waals surface area contributed by atoms with Crippen LogP contribution < -0.4 is 15.0 Å². The molecule has 0 radical (unpaired) electrons. The SMILES string of the molecule is COc1ccc(NS(=O)(=O)c2c(C)nc3sc4cc(C)ccc4n3c2=O)cc1Cl. The van der Waals surface area contributed by atoms with Crippen molar-refractivity contribution in [1.82, 2.24) is 9.38 Å². The van der Waals surface area contributed by atoms with Gasteiger partial charge in [0.15, 0.2) is 9.86 Å². The highest BCUT2D eigenvalue weighted by molar-refractivity contribution is 7.92. The predicted octanol–water partition coefficient (Wildman–Crippen LogP) is 3.99. The van der Waals surface area contributed by atoms with E-state index in [-0.39, 0.29) is 16.4 Å². The van der Waals surface area contributed by atoms with Gasteiger partial charge in [-0.05, 0) is 49.7 Å². The van der Waals surface area contributed by atoms with Crippen molar-refractivity contribution in [3.63, 3.8) is 0 Å². The van der Waals surface area contributed by atoms with Gasteiger partial charge in [-0.15, -0.1) is 0 Å². The van der Waals surface area contributed by atoms with E-state index in [0.29, 0.717) is 16.2 Å². The van der Waals surface area contributed by atoms with Crippen molar-refractivity contribution in [1.29, 1.82) is 0 Å². The maximum absolute atomic E-state index is 13.2. The standard InChI is InChI=1S/C19H16ClN3O4S2/c1-10-4-6-14-16(8-10)28-19-21-11(2)17(18(24)23(14)19)29(25,26)22-12-5-7-15(27-3)13(20)9-12/h4-9,22H,1-3H3. The van der Waals surface area contributed by atoms with E-state index >= 15 is 0 Å². The number of benzene rings is 2. The molecule has 0 unspecified atom stereocenters. The van der Waals surface area contributed by atoms with Crippen molar-refractivity contribution in [2.75, 3.05) is 11.8 Å². The van der Waals surface area contributed by atoms with E-state index in [1.54, 1.807) is 6.07 Å². The number of sulfonamides is 1. The second kappa shape index (κ2) is 7.01. The number of hydrogen-bond donors (Lipinski definition) is 1. The Bertz CT molecular complexity index is 1440. The Hall–Kier alpha value is -2.62. The first kappa shape index (κ1) is 19.7. The molecule has 0 spiro atoms. The Labute approximate surface area is 175 Å². The Balaban J connectivity index is 1.89. The Morgan fingerprint density at radius 1 is 1.17 bits per heavy atom. The molecule has 10 heteroatoms. The number of anilines is 1. The summed E-state index contributed by atoms with van der Waals surface area (Å²) in [5.74, 6) is 0.411. The highest BCUT2D eigenvalue weighted by Gasteiger charge is 2.26. The Morgan fingerprint density at radius 3 is 2.62 bits per heavy atom. The van der Waals surface area contributed by atoms with Crippen LogP contribution in [0.4, 0.5) is 5.69 Å². The van der Waals surface area contributed by atoms with Crippen LogP contribution in [0.15, 0.2) is 46.1 Å². The molecule has 0 saturated heterocycles. The molecule has 0 amide bonds. The molecular formula is C19H16ClN3O4S2. The molecule has 1 N–H and O–H groups in total. The van der Waals surface area contributed by atoms with Crippen LogP contribution in [0.1, 0.15) is 11.3 Å². The second-order valence-corrected chi connectivity index (χ2v) is 9.51. The van der Waals surface area contributed by atoms with Crippen LogP contribution in [0.3, 0.4) is 0 Å². The van der Waals surface area contributed by atoms with Crippen LogP contribution in [-0.2, 0) is 10.0 Å². The first-order chi connectivity index (χ1) is 13.7. The lowest BCUT2D eigenvalue weighted by Gasteiger charge is -2.11. The first-order valence-electron chi connectivity index (χ1n) is 8.50. The van der Waals surface area contributed by atoms with Crippen molar-refractivity contribution >= 4 is 53.8 Å². The summed E-state index contributed by atoms with van der Waals surface area (Å²) in [7, 11) is -2.74. The number of rotatable bonds is 4. The summed E-state index contributed by atoms with van der Waals surface area (Å²) in [5, 5.41) is 0.244. The van der Waals surface area contributed by atoms with Crippen molar-refractivity contribution < 1.29 is 13.2 Å². The lowest BCUT2D eigenvalue weighted by atomic mass is 10.2. The monoisotopic (exact) mass is 449 g/mol. The number of methoxy groups -OCH3 is 1. The average Bonchev–Trinajstić information content (AvgIpc) is 2.98. The average molecular weight is 450 g/mol. The van der Waals surface area contributed by atoms with Crippen molar-refractivity contribution in [2.24, 2.45) is 0 Å². The molecule has 0 atom stereocenters. The molecule has 0 bridgehead atoms. The minimum atomic E-state index is -4.20. The summed E-state index contributed by atoms with van der Waals surface area (Å²) >= 11 is 7.41. The lowest BCUT2D eigenvalue weighted by molar-refractivity contribution is 0.415. The van der Waals surface area contributed by atoms with E-state index in [0.717, 1.165) is 10.3 Å². The van der Waals surface area contributed by atoms with Gasteiger partial charge in [-0.3, -0.25) is 9.52 Å². The molecule has 2 aromatic carbocycles. The molecule has 4 aromatic rings. The summed E-state index contributed by atoms with van der Waals surface area (Å²) in [6, 6.07) is 10.1. The van der Waals surface area contributed by atoms with Gasteiger partial charge >= 0.3 is 0 Å². The number of nitrogens with one attached hydrogen (secondary N) is 1. The summed E-state index contributed by atoms with van der Waals surface area (Å²) in [6.07, 6.45) is 0. The number of nitrogens with zero attached hydrogens (tertiary/aromatic N) is 2. The molecular weight excluding hydrogens is 434 g/mol. The smallest absolute Gasteiger partial charge is 0.280 e. The second-order valence-electron chi connectivity index (χ2n) is 6.48. The van der Waals surface area contributed by atoms with Gasteiger partial charge in [-0.25, -0.2) is 17.8 Å². The van der Waals surface area contributed by atoms with Crippen LogP contribution in [-0.4, -0.2) is 24.9 Å². The molecule has 7 nitrogen and oxygen atoms in total. The fourth-order valence-corrected chi connectivity index (χ4v) is 5.81. The Kier molecular flexibility index (Phi) is 4.76. The van der Waals surface area contributed by atoms with Crippen molar-refractivity contribution in [2.45, 2.75) is 18.7 Å². The molecule has 0 aliphatic heterocycles. The molecule has 2 heterocycles. The topological polar surface area (TPSA) is 89.8 Å². The minimum Gasteiger partial charge on any atom is -0.495 e. The molecule has 0 fully saturated rings. The molecule has 4 rings (SSSR count). The van der Waals surface area contributed by atoms with Crippen LogP contribution in [0, 0.1) is 13.8 Å². The van der Waals surface area contributed by atoms with Gasteiger partial charge in [-0.2, -0.15) is 0 Å². The Morgan fingerprint density at radius 2 is 1.93 bits per heavy atom. The zero-order chi connectivity index (χ0) is 20.9. The molecule has 0 aliphatic carbocycles. The lowest BCUT2D eigenvalue weighted by Crippen LogP contribution is -2.27. The molecule has 0 aliphatic rings. The van der Waals surface area contributed by atoms with Gasteiger partial charge in [-0.1, -0.05) is 29.0 Å². The maximum Gasteiger partial charge on any atom is 0.280 e. The van der Waals surface area contributed by atoms with E-state index < -0.39 is 20.5 Å². The van der Waals surface area contributed by atoms with Crippen molar-refractivity contribution in [3.05, 3.63) is 63.0 Å². The van der Waals surface area contributed by atoms with Gasteiger partial charge in [0, 0.05) is 0 Å². The number of fused-ring (bicyclic) bond motifs is 3.